The van der Waals surface area contributed by atoms with Gasteiger partial charge in [0.1, 0.15) is 6.54 Å². The first-order chi connectivity index (χ1) is 7.54. The normalized spacial score (nSPS) is 10.2. The Bertz CT molecular complexity index is 368. The van der Waals surface area contributed by atoms with Gasteiger partial charge in [0.05, 0.1) is 19.5 Å². The first-order valence-corrected chi connectivity index (χ1v) is 4.89. The number of hydrogen-bond donors (Lipinski definition) is 1. The summed E-state index contributed by atoms with van der Waals surface area (Å²) in [4.78, 5) is 20.4. The topological polar surface area (TPSA) is 75.5 Å². The molecule has 6 heteroatoms. The van der Waals surface area contributed by atoms with Crippen LogP contribution in [0.2, 0.25) is 0 Å². The summed E-state index contributed by atoms with van der Waals surface area (Å²) < 4.78 is 4.94. The minimum atomic E-state index is -0.904. The van der Waals surface area contributed by atoms with Gasteiger partial charge in [-0.05, 0) is 13.8 Å². The van der Waals surface area contributed by atoms with Crippen LogP contribution in [0.25, 0.3) is 0 Å². The van der Waals surface area contributed by atoms with E-state index in [9.17, 15) is 4.79 Å². The molecule has 0 fully saturated rings. The second-order valence-corrected chi connectivity index (χ2v) is 3.54. The van der Waals surface area contributed by atoms with Crippen molar-refractivity contribution in [1.82, 2.24) is 9.97 Å². The molecule has 0 aliphatic rings. The number of nitrogens with zero attached hydrogens (tertiary/aromatic N) is 3. The van der Waals surface area contributed by atoms with Gasteiger partial charge >= 0.3 is 5.97 Å². The van der Waals surface area contributed by atoms with Crippen LogP contribution < -0.4 is 9.64 Å². The molecule has 0 radical (unpaired) electrons. The molecular formula is C10H15N3O3. The molecule has 1 N–H and O–H groups in total. The van der Waals surface area contributed by atoms with Gasteiger partial charge in [-0.2, -0.15) is 4.98 Å². The van der Waals surface area contributed by atoms with Crippen LogP contribution in [-0.4, -0.2) is 40.7 Å². The van der Waals surface area contributed by atoms with Crippen molar-refractivity contribution in [3.05, 3.63) is 12.4 Å². The number of rotatable bonds is 5. The average molecular weight is 225 g/mol. The first-order valence-electron chi connectivity index (χ1n) is 4.89. The first kappa shape index (κ1) is 12.2. The number of anilines is 1. The Kier molecular flexibility index (Phi) is 4.04. The lowest BCUT2D eigenvalue weighted by Gasteiger charge is -2.25. The quantitative estimate of drug-likeness (QED) is 0.798. The SMILES string of the molecule is COc1cncc(N(CC(=O)O)C(C)C)n1. The number of carbonyl (C=O) groups is 1. The lowest BCUT2D eigenvalue weighted by Crippen LogP contribution is -2.36. The molecule has 0 amide bonds. The van der Waals surface area contributed by atoms with Crippen LogP contribution in [0.5, 0.6) is 5.88 Å². The predicted molar refractivity (Wildman–Crippen MR) is 58.7 cm³/mol. The van der Waals surface area contributed by atoms with Crippen molar-refractivity contribution in [2.24, 2.45) is 0 Å². The third-order valence-corrected chi connectivity index (χ3v) is 2.03. The average Bonchev–Trinajstić information content (AvgIpc) is 2.25. The molecule has 88 valence electrons. The molecule has 0 bridgehead atoms. The zero-order chi connectivity index (χ0) is 12.1. The third kappa shape index (κ3) is 3.08. The van der Waals surface area contributed by atoms with Gasteiger partial charge in [-0.1, -0.05) is 0 Å². The smallest absolute Gasteiger partial charge is 0.323 e. The summed E-state index contributed by atoms with van der Waals surface area (Å²) in [7, 11) is 1.49. The molecule has 16 heavy (non-hydrogen) atoms. The summed E-state index contributed by atoms with van der Waals surface area (Å²) in [6.45, 7) is 3.67. The molecule has 0 aromatic carbocycles. The molecule has 1 aromatic heterocycles. The lowest BCUT2D eigenvalue weighted by atomic mass is 10.3. The molecule has 6 nitrogen and oxygen atoms in total. The molecule has 0 atom stereocenters. The van der Waals surface area contributed by atoms with E-state index in [1.54, 1.807) is 4.90 Å². The summed E-state index contributed by atoms with van der Waals surface area (Å²) >= 11 is 0. The Morgan fingerprint density at radius 1 is 1.56 bits per heavy atom. The van der Waals surface area contributed by atoms with Crippen molar-refractivity contribution >= 4 is 11.8 Å². The number of methoxy groups -OCH3 is 1. The van der Waals surface area contributed by atoms with E-state index in [1.807, 2.05) is 13.8 Å². The number of aliphatic carboxylic acids is 1. The number of aromatic nitrogens is 2. The van der Waals surface area contributed by atoms with E-state index in [0.29, 0.717) is 11.7 Å². The number of hydrogen-bond acceptors (Lipinski definition) is 5. The summed E-state index contributed by atoms with van der Waals surface area (Å²) in [5.74, 6) is -0.0383. The van der Waals surface area contributed by atoms with Crippen LogP contribution in [0.15, 0.2) is 12.4 Å². The van der Waals surface area contributed by atoms with Crippen molar-refractivity contribution in [1.29, 1.82) is 0 Å². The van der Waals surface area contributed by atoms with Crippen LogP contribution in [0.3, 0.4) is 0 Å². The second-order valence-electron chi connectivity index (χ2n) is 3.54. The molecule has 0 spiro atoms. The standard InChI is InChI=1S/C10H15N3O3/c1-7(2)13(6-10(14)15)8-4-11-5-9(12-8)16-3/h4-5,7H,6H2,1-3H3,(H,14,15). The van der Waals surface area contributed by atoms with Crippen molar-refractivity contribution in [3.63, 3.8) is 0 Å². The Labute approximate surface area is 93.9 Å². The van der Waals surface area contributed by atoms with E-state index in [-0.39, 0.29) is 12.6 Å². The van der Waals surface area contributed by atoms with E-state index in [0.717, 1.165) is 0 Å². The maximum absolute atomic E-state index is 10.7. The molecule has 1 heterocycles. The lowest BCUT2D eigenvalue weighted by molar-refractivity contribution is -0.135. The summed E-state index contributed by atoms with van der Waals surface area (Å²) in [6, 6.07) is 0.0255. The Morgan fingerprint density at radius 3 is 2.75 bits per heavy atom. The third-order valence-electron chi connectivity index (χ3n) is 2.03. The van der Waals surface area contributed by atoms with Crippen LogP contribution >= 0.6 is 0 Å². The van der Waals surface area contributed by atoms with E-state index in [2.05, 4.69) is 9.97 Å². The predicted octanol–water partition coefficient (Wildman–Crippen LogP) is 0.785. The molecule has 0 saturated heterocycles. The second kappa shape index (κ2) is 5.29. The fraction of sp³-hybridized carbons (Fsp3) is 0.500. The van der Waals surface area contributed by atoms with Crippen LogP contribution in [0.4, 0.5) is 5.82 Å². The van der Waals surface area contributed by atoms with Gasteiger partial charge in [0, 0.05) is 6.04 Å². The number of carboxylic acids is 1. The fourth-order valence-corrected chi connectivity index (χ4v) is 1.25. The largest absolute Gasteiger partial charge is 0.480 e. The zero-order valence-electron chi connectivity index (χ0n) is 9.54. The molecule has 0 aliphatic heterocycles. The van der Waals surface area contributed by atoms with Crippen molar-refractivity contribution < 1.29 is 14.6 Å². The van der Waals surface area contributed by atoms with E-state index < -0.39 is 5.97 Å². The molecule has 0 aliphatic carbocycles. The van der Waals surface area contributed by atoms with Crippen molar-refractivity contribution in [2.45, 2.75) is 19.9 Å². The summed E-state index contributed by atoms with van der Waals surface area (Å²) in [6.07, 6.45) is 2.99. The Balaban J connectivity index is 2.95. The monoisotopic (exact) mass is 225 g/mol. The van der Waals surface area contributed by atoms with Gasteiger partial charge in [-0.25, -0.2) is 0 Å². The zero-order valence-corrected chi connectivity index (χ0v) is 9.54. The van der Waals surface area contributed by atoms with Crippen LogP contribution in [0, 0.1) is 0 Å². The molecular weight excluding hydrogens is 210 g/mol. The highest BCUT2D eigenvalue weighted by Gasteiger charge is 2.16. The number of ether oxygens (including phenoxy) is 1. The van der Waals surface area contributed by atoms with Gasteiger partial charge in [-0.3, -0.25) is 9.78 Å². The molecule has 1 rings (SSSR count). The highest BCUT2D eigenvalue weighted by molar-refractivity contribution is 5.73. The van der Waals surface area contributed by atoms with Crippen LogP contribution in [-0.2, 0) is 4.79 Å². The van der Waals surface area contributed by atoms with Gasteiger partial charge in [0.2, 0.25) is 5.88 Å². The maximum atomic E-state index is 10.7. The molecule has 0 saturated carbocycles. The Hall–Kier alpha value is -1.85. The van der Waals surface area contributed by atoms with Gasteiger partial charge in [0.25, 0.3) is 0 Å². The van der Waals surface area contributed by atoms with Gasteiger partial charge < -0.3 is 14.7 Å². The molecule has 0 unspecified atom stereocenters. The summed E-state index contributed by atoms with van der Waals surface area (Å²) in [5.41, 5.74) is 0. The highest BCUT2D eigenvalue weighted by atomic mass is 16.5. The van der Waals surface area contributed by atoms with Gasteiger partial charge in [0.15, 0.2) is 5.82 Å². The summed E-state index contributed by atoms with van der Waals surface area (Å²) in [5, 5.41) is 8.80. The molecule has 1 aromatic rings. The Morgan fingerprint density at radius 2 is 2.25 bits per heavy atom. The fourth-order valence-electron chi connectivity index (χ4n) is 1.25. The minimum absolute atomic E-state index is 0.0255. The maximum Gasteiger partial charge on any atom is 0.323 e. The van der Waals surface area contributed by atoms with E-state index >= 15 is 0 Å². The van der Waals surface area contributed by atoms with Gasteiger partial charge in [-0.15, -0.1) is 0 Å². The van der Waals surface area contributed by atoms with Crippen molar-refractivity contribution in [3.8, 4) is 5.88 Å². The highest BCUT2D eigenvalue weighted by Crippen LogP contribution is 2.15. The van der Waals surface area contributed by atoms with Crippen LogP contribution in [0.1, 0.15) is 13.8 Å². The van der Waals surface area contributed by atoms with E-state index in [1.165, 1.54) is 19.5 Å². The number of carboxylic acid groups (broad SMARTS) is 1. The van der Waals surface area contributed by atoms with E-state index in [4.69, 9.17) is 9.84 Å². The van der Waals surface area contributed by atoms with Crippen molar-refractivity contribution in [2.75, 3.05) is 18.6 Å². The minimum Gasteiger partial charge on any atom is -0.480 e.